The topological polar surface area (TPSA) is 78.9 Å². The Labute approximate surface area is 414 Å². The maximum absolute atomic E-state index is 12.8. The molecule has 0 saturated heterocycles. The lowest BCUT2D eigenvalue weighted by molar-refractivity contribution is -0.167. The summed E-state index contributed by atoms with van der Waals surface area (Å²) >= 11 is 0. The van der Waals surface area contributed by atoms with Gasteiger partial charge in [-0.05, 0) is 89.9 Å². The van der Waals surface area contributed by atoms with Crippen molar-refractivity contribution in [1.82, 2.24) is 0 Å². The van der Waals surface area contributed by atoms with Crippen LogP contribution < -0.4 is 0 Å². The van der Waals surface area contributed by atoms with Gasteiger partial charge in [0.1, 0.15) is 13.2 Å². The quantitative estimate of drug-likeness (QED) is 0.0262. The highest BCUT2D eigenvalue weighted by molar-refractivity contribution is 5.71. The summed E-state index contributed by atoms with van der Waals surface area (Å²) in [5.74, 6) is -0.915. The minimum absolute atomic E-state index is 0.0855. The lowest BCUT2D eigenvalue weighted by Crippen LogP contribution is -2.30. The van der Waals surface area contributed by atoms with E-state index in [9.17, 15) is 14.4 Å². The fourth-order valence-corrected chi connectivity index (χ4v) is 7.93. The first kappa shape index (κ1) is 63.8. The molecule has 0 saturated carbocycles. The van der Waals surface area contributed by atoms with Gasteiger partial charge in [-0.1, -0.05) is 241 Å². The summed E-state index contributed by atoms with van der Waals surface area (Å²) in [5.41, 5.74) is 0. The van der Waals surface area contributed by atoms with Crippen molar-refractivity contribution >= 4 is 17.9 Å². The van der Waals surface area contributed by atoms with E-state index in [1.165, 1.54) is 141 Å². The average molecular weight is 936 g/mol. The van der Waals surface area contributed by atoms with Gasteiger partial charge in [0.2, 0.25) is 0 Å². The Morgan fingerprint density at radius 1 is 0.313 bits per heavy atom. The number of carbonyl (C=O) groups excluding carboxylic acids is 3. The monoisotopic (exact) mass is 935 g/mol. The maximum Gasteiger partial charge on any atom is 0.306 e. The standard InChI is InChI=1S/C61H106O6/c1-4-7-10-13-16-19-22-25-27-29-30-32-33-36-39-42-45-48-51-54-60(63)66-57-58(56-65-59(62)53-50-47-44-41-38-35-24-21-18-15-12-9-6-3)67-61(64)55-52-49-46-43-40-37-34-31-28-26-23-20-17-14-11-8-5-2/h7,10,16,19,25-28,30,32,36,39,58H,4-6,8-9,11-15,17-18,20-24,29,31,33-35,37-38,40-57H2,1-3H3/b10-7-,19-16-,27-25-,28-26-,32-30-,39-36-/t58-/m1/s1. The third kappa shape index (κ3) is 53.7. The van der Waals surface area contributed by atoms with Gasteiger partial charge in [-0.25, -0.2) is 0 Å². The molecule has 67 heavy (non-hydrogen) atoms. The van der Waals surface area contributed by atoms with Crippen LogP contribution in [-0.2, 0) is 28.6 Å². The van der Waals surface area contributed by atoms with Crippen molar-refractivity contribution < 1.29 is 28.6 Å². The summed E-state index contributed by atoms with van der Waals surface area (Å²) in [6, 6.07) is 0. The lowest BCUT2D eigenvalue weighted by Gasteiger charge is -2.18. The molecule has 0 aromatic rings. The van der Waals surface area contributed by atoms with E-state index in [0.717, 1.165) is 96.3 Å². The largest absolute Gasteiger partial charge is 0.462 e. The number of unbranched alkanes of at least 4 members (excludes halogenated alkanes) is 28. The normalized spacial score (nSPS) is 12.6. The van der Waals surface area contributed by atoms with Gasteiger partial charge < -0.3 is 14.2 Å². The number of esters is 3. The molecule has 0 rings (SSSR count). The van der Waals surface area contributed by atoms with Gasteiger partial charge in [0.15, 0.2) is 6.10 Å². The Bertz CT molecular complexity index is 1260. The Hall–Kier alpha value is -3.15. The summed E-state index contributed by atoms with van der Waals surface area (Å²) < 4.78 is 16.8. The zero-order valence-electron chi connectivity index (χ0n) is 44.2. The summed E-state index contributed by atoms with van der Waals surface area (Å²) in [5, 5.41) is 0. The highest BCUT2D eigenvalue weighted by atomic mass is 16.6. The van der Waals surface area contributed by atoms with Crippen LogP contribution >= 0.6 is 0 Å². The molecule has 0 radical (unpaired) electrons. The van der Waals surface area contributed by atoms with Crippen molar-refractivity contribution in [2.75, 3.05) is 13.2 Å². The van der Waals surface area contributed by atoms with Crippen molar-refractivity contribution in [1.29, 1.82) is 0 Å². The van der Waals surface area contributed by atoms with E-state index in [4.69, 9.17) is 14.2 Å². The van der Waals surface area contributed by atoms with Crippen LogP contribution in [0.25, 0.3) is 0 Å². The number of hydrogen-bond acceptors (Lipinski definition) is 6. The second-order valence-electron chi connectivity index (χ2n) is 18.8. The smallest absolute Gasteiger partial charge is 0.306 e. The Balaban J connectivity index is 4.43. The van der Waals surface area contributed by atoms with Gasteiger partial charge >= 0.3 is 17.9 Å². The molecule has 0 bridgehead atoms. The van der Waals surface area contributed by atoms with Crippen LogP contribution in [0.2, 0.25) is 0 Å². The van der Waals surface area contributed by atoms with Crippen molar-refractivity contribution in [3.63, 3.8) is 0 Å². The van der Waals surface area contributed by atoms with E-state index in [2.05, 4.69) is 93.7 Å². The first-order valence-corrected chi connectivity index (χ1v) is 28.4. The molecular weight excluding hydrogens is 829 g/mol. The van der Waals surface area contributed by atoms with Crippen LogP contribution in [0.15, 0.2) is 72.9 Å². The highest BCUT2D eigenvalue weighted by Gasteiger charge is 2.19. The Kier molecular flexibility index (Phi) is 52.8. The third-order valence-electron chi connectivity index (χ3n) is 12.2. The molecule has 0 amide bonds. The number of hydrogen-bond donors (Lipinski definition) is 0. The summed E-state index contributed by atoms with van der Waals surface area (Å²) in [4.78, 5) is 38.1. The van der Waals surface area contributed by atoms with Crippen molar-refractivity contribution in [3.8, 4) is 0 Å². The second-order valence-corrected chi connectivity index (χ2v) is 18.8. The minimum Gasteiger partial charge on any atom is -0.462 e. The SMILES string of the molecule is CC/C=C\C/C=C\C/C=C\C/C=C\C/C=C\CCCCCC(=O)OC[C@@H](COC(=O)CCCCCCCCCCCCCCC)OC(=O)CCCCCCCCC/C=C\CCCCCCCC. The molecule has 0 fully saturated rings. The van der Waals surface area contributed by atoms with Crippen LogP contribution in [0, 0.1) is 0 Å². The molecule has 6 heteroatoms. The molecule has 0 heterocycles. The second kappa shape index (κ2) is 55.4. The van der Waals surface area contributed by atoms with Gasteiger partial charge in [-0.3, -0.25) is 14.4 Å². The van der Waals surface area contributed by atoms with E-state index in [0.29, 0.717) is 19.3 Å². The predicted octanol–water partition coefficient (Wildman–Crippen LogP) is 19.0. The van der Waals surface area contributed by atoms with Crippen molar-refractivity contribution in [2.45, 2.75) is 284 Å². The van der Waals surface area contributed by atoms with E-state index in [-0.39, 0.29) is 31.1 Å². The number of ether oxygens (including phenoxy) is 3. The molecule has 0 unspecified atom stereocenters. The Morgan fingerprint density at radius 2 is 0.582 bits per heavy atom. The molecule has 0 aliphatic heterocycles. The van der Waals surface area contributed by atoms with E-state index in [1.54, 1.807) is 0 Å². The number of allylic oxidation sites excluding steroid dienone is 12. The van der Waals surface area contributed by atoms with Gasteiger partial charge in [0.25, 0.3) is 0 Å². The van der Waals surface area contributed by atoms with Crippen LogP contribution in [0.3, 0.4) is 0 Å². The Morgan fingerprint density at radius 3 is 0.940 bits per heavy atom. The third-order valence-corrected chi connectivity index (χ3v) is 12.2. The molecule has 0 aromatic heterocycles. The first-order valence-electron chi connectivity index (χ1n) is 28.4. The molecule has 1 atom stereocenters. The molecule has 0 N–H and O–H groups in total. The summed E-state index contributed by atoms with van der Waals surface area (Å²) in [6.45, 7) is 6.51. The van der Waals surface area contributed by atoms with Crippen LogP contribution in [0.4, 0.5) is 0 Å². The van der Waals surface area contributed by atoms with Gasteiger partial charge in [0.05, 0.1) is 0 Å². The summed E-state index contributed by atoms with van der Waals surface area (Å²) in [6.07, 6.45) is 70.3. The zero-order chi connectivity index (χ0) is 48.6. The fourth-order valence-electron chi connectivity index (χ4n) is 7.93. The van der Waals surface area contributed by atoms with E-state index >= 15 is 0 Å². The molecule has 0 aliphatic rings. The molecule has 0 aromatic carbocycles. The fraction of sp³-hybridized carbons (Fsp3) is 0.754. The average Bonchev–Trinajstić information content (AvgIpc) is 3.33. The van der Waals surface area contributed by atoms with Gasteiger partial charge in [-0.15, -0.1) is 0 Å². The molecular formula is C61H106O6. The van der Waals surface area contributed by atoms with Crippen LogP contribution in [0.1, 0.15) is 278 Å². The van der Waals surface area contributed by atoms with Crippen LogP contribution in [-0.4, -0.2) is 37.2 Å². The first-order chi connectivity index (χ1) is 33.0. The lowest BCUT2D eigenvalue weighted by atomic mass is 10.0. The van der Waals surface area contributed by atoms with Crippen LogP contribution in [0.5, 0.6) is 0 Å². The van der Waals surface area contributed by atoms with Crippen molar-refractivity contribution in [3.05, 3.63) is 72.9 Å². The van der Waals surface area contributed by atoms with E-state index in [1.807, 2.05) is 0 Å². The molecule has 0 aliphatic carbocycles. The molecule has 386 valence electrons. The number of carbonyl (C=O) groups is 3. The maximum atomic E-state index is 12.8. The van der Waals surface area contributed by atoms with E-state index < -0.39 is 6.10 Å². The van der Waals surface area contributed by atoms with Gasteiger partial charge in [0, 0.05) is 19.3 Å². The highest BCUT2D eigenvalue weighted by Crippen LogP contribution is 2.15. The summed E-state index contributed by atoms with van der Waals surface area (Å²) in [7, 11) is 0. The minimum atomic E-state index is -0.790. The van der Waals surface area contributed by atoms with Crippen molar-refractivity contribution in [2.24, 2.45) is 0 Å². The van der Waals surface area contributed by atoms with Gasteiger partial charge in [-0.2, -0.15) is 0 Å². The molecule has 0 spiro atoms. The predicted molar refractivity (Wildman–Crippen MR) is 288 cm³/mol. The number of rotatable bonds is 51. The molecule has 6 nitrogen and oxygen atoms in total. The zero-order valence-corrected chi connectivity index (χ0v) is 44.2.